The van der Waals surface area contributed by atoms with Crippen LogP contribution in [0.3, 0.4) is 0 Å². The molecule has 6 heteroatoms. The molecule has 0 aliphatic rings. The first-order valence-corrected chi connectivity index (χ1v) is 6.04. The van der Waals surface area contributed by atoms with E-state index < -0.39 is 5.97 Å². The lowest BCUT2D eigenvalue weighted by Crippen LogP contribution is -2.09. The maximum atomic E-state index is 11.1. The highest BCUT2D eigenvalue weighted by atomic mass is 16.5. The van der Waals surface area contributed by atoms with Crippen molar-refractivity contribution in [2.75, 3.05) is 12.4 Å². The van der Waals surface area contributed by atoms with Gasteiger partial charge in [-0.15, -0.1) is 0 Å². The van der Waals surface area contributed by atoms with Crippen LogP contribution in [0, 0.1) is 6.92 Å². The molecule has 0 atom stereocenters. The quantitative estimate of drug-likeness (QED) is 0.868. The Morgan fingerprint density at radius 3 is 2.90 bits per heavy atom. The number of carbonyl (C=O) groups is 1. The second-order valence-corrected chi connectivity index (χ2v) is 4.21. The highest BCUT2D eigenvalue weighted by Gasteiger charge is 2.11. The van der Waals surface area contributed by atoms with Gasteiger partial charge in [0.1, 0.15) is 11.4 Å². The molecular weight excluding hydrogens is 258 g/mol. The summed E-state index contributed by atoms with van der Waals surface area (Å²) in [7, 11) is 1.55. The van der Waals surface area contributed by atoms with Gasteiger partial charge in [-0.3, -0.25) is 0 Å². The third kappa shape index (κ3) is 3.23. The average Bonchev–Trinajstić information content (AvgIpc) is 2.45. The monoisotopic (exact) mass is 273 g/mol. The second kappa shape index (κ2) is 6.01. The summed E-state index contributed by atoms with van der Waals surface area (Å²) < 4.78 is 5.04. The van der Waals surface area contributed by atoms with E-state index in [1.54, 1.807) is 31.5 Å². The molecule has 0 saturated heterocycles. The fourth-order valence-electron chi connectivity index (χ4n) is 1.72. The van der Waals surface area contributed by atoms with Gasteiger partial charge in [-0.1, -0.05) is 0 Å². The molecule has 2 aromatic heterocycles. The summed E-state index contributed by atoms with van der Waals surface area (Å²) in [5.41, 5.74) is 1.83. The molecular formula is C14H15N3O3. The van der Waals surface area contributed by atoms with Crippen LogP contribution in [0.25, 0.3) is 0 Å². The van der Waals surface area contributed by atoms with E-state index in [4.69, 9.17) is 9.84 Å². The summed E-state index contributed by atoms with van der Waals surface area (Å²) in [5.74, 6) is -0.138. The number of pyridine rings is 2. The van der Waals surface area contributed by atoms with Crippen LogP contribution in [0.5, 0.6) is 5.88 Å². The number of hydrogen-bond acceptors (Lipinski definition) is 5. The molecule has 0 amide bonds. The van der Waals surface area contributed by atoms with Crippen LogP contribution in [-0.2, 0) is 6.54 Å². The number of carboxylic acid groups (broad SMARTS) is 1. The van der Waals surface area contributed by atoms with E-state index in [1.807, 2.05) is 13.0 Å². The standard InChI is InChI=1S/C14H15N3O3/c1-9-3-4-11(14(18)19)13(17-9)16-8-10-5-6-15-12(7-10)20-2/h3-7H,8H2,1-2H3,(H,16,17)(H,18,19). The van der Waals surface area contributed by atoms with Crippen molar-refractivity contribution in [3.63, 3.8) is 0 Å². The van der Waals surface area contributed by atoms with Crippen LogP contribution in [0.15, 0.2) is 30.5 Å². The molecule has 0 saturated carbocycles. The van der Waals surface area contributed by atoms with Gasteiger partial charge >= 0.3 is 5.97 Å². The Morgan fingerprint density at radius 2 is 2.20 bits per heavy atom. The SMILES string of the molecule is COc1cc(CNc2nc(C)ccc2C(=O)O)ccn1. The van der Waals surface area contributed by atoms with Gasteiger partial charge in [0.15, 0.2) is 0 Å². The Labute approximate surface area is 116 Å². The number of aromatic nitrogens is 2. The number of anilines is 1. The maximum Gasteiger partial charge on any atom is 0.339 e. The molecule has 2 N–H and O–H groups in total. The number of aromatic carboxylic acids is 1. The van der Waals surface area contributed by atoms with Crippen LogP contribution in [-0.4, -0.2) is 28.2 Å². The molecule has 2 rings (SSSR count). The first-order valence-electron chi connectivity index (χ1n) is 6.04. The normalized spacial score (nSPS) is 10.1. The van der Waals surface area contributed by atoms with Gasteiger partial charge in [-0.25, -0.2) is 14.8 Å². The number of aryl methyl sites for hydroxylation is 1. The summed E-state index contributed by atoms with van der Waals surface area (Å²) in [5, 5.41) is 12.2. The van der Waals surface area contributed by atoms with Gasteiger partial charge in [0.05, 0.1) is 7.11 Å². The predicted molar refractivity (Wildman–Crippen MR) is 74.0 cm³/mol. The summed E-state index contributed by atoms with van der Waals surface area (Å²) in [6.07, 6.45) is 1.64. The Morgan fingerprint density at radius 1 is 1.40 bits per heavy atom. The van der Waals surface area contributed by atoms with Gasteiger partial charge < -0.3 is 15.2 Å². The molecule has 0 aliphatic heterocycles. The lowest BCUT2D eigenvalue weighted by Gasteiger charge is -2.10. The summed E-state index contributed by atoms with van der Waals surface area (Å²) in [6, 6.07) is 6.82. The minimum absolute atomic E-state index is 0.150. The first kappa shape index (κ1) is 13.8. The molecule has 104 valence electrons. The van der Waals surface area contributed by atoms with Crippen LogP contribution < -0.4 is 10.1 Å². The second-order valence-electron chi connectivity index (χ2n) is 4.21. The highest BCUT2D eigenvalue weighted by Crippen LogP contribution is 2.16. The number of rotatable bonds is 5. The average molecular weight is 273 g/mol. The zero-order chi connectivity index (χ0) is 14.5. The number of methoxy groups -OCH3 is 1. The van der Waals surface area contributed by atoms with Gasteiger partial charge in [0.25, 0.3) is 0 Å². The molecule has 0 aromatic carbocycles. The summed E-state index contributed by atoms with van der Waals surface area (Å²) in [4.78, 5) is 19.4. The number of ether oxygens (including phenoxy) is 1. The van der Waals surface area contributed by atoms with E-state index in [9.17, 15) is 4.79 Å². The van der Waals surface area contributed by atoms with E-state index in [0.717, 1.165) is 11.3 Å². The van der Waals surface area contributed by atoms with Crippen LogP contribution >= 0.6 is 0 Å². The van der Waals surface area contributed by atoms with Crippen molar-refractivity contribution in [2.45, 2.75) is 13.5 Å². The van der Waals surface area contributed by atoms with Crippen molar-refractivity contribution in [2.24, 2.45) is 0 Å². The fourth-order valence-corrected chi connectivity index (χ4v) is 1.72. The Hall–Kier alpha value is -2.63. The summed E-state index contributed by atoms with van der Waals surface area (Å²) >= 11 is 0. The maximum absolute atomic E-state index is 11.1. The van der Waals surface area contributed by atoms with Gasteiger partial charge in [-0.2, -0.15) is 0 Å². The predicted octanol–water partition coefficient (Wildman–Crippen LogP) is 2.10. The third-order valence-corrected chi connectivity index (χ3v) is 2.73. The molecule has 0 bridgehead atoms. The first-order chi connectivity index (χ1) is 9.60. The highest BCUT2D eigenvalue weighted by molar-refractivity contribution is 5.93. The third-order valence-electron chi connectivity index (χ3n) is 2.73. The zero-order valence-corrected chi connectivity index (χ0v) is 11.3. The fraction of sp³-hybridized carbons (Fsp3) is 0.214. The molecule has 2 heterocycles. The molecule has 2 aromatic rings. The van der Waals surface area contributed by atoms with Gasteiger partial charge in [-0.05, 0) is 30.7 Å². The largest absolute Gasteiger partial charge is 0.481 e. The van der Waals surface area contributed by atoms with Crippen molar-refractivity contribution >= 4 is 11.8 Å². The minimum Gasteiger partial charge on any atom is -0.481 e. The number of carboxylic acids is 1. The van der Waals surface area contributed by atoms with Crippen molar-refractivity contribution in [1.29, 1.82) is 0 Å². The lowest BCUT2D eigenvalue weighted by molar-refractivity contribution is 0.0697. The van der Waals surface area contributed by atoms with Gasteiger partial charge in [0.2, 0.25) is 5.88 Å². The van der Waals surface area contributed by atoms with E-state index in [2.05, 4.69) is 15.3 Å². The molecule has 0 fully saturated rings. The molecule has 0 unspecified atom stereocenters. The van der Waals surface area contributed by atoms with Crippen LogP contribution in [0.4, 0.5) is 5.82 Å². The molecule has 20 heavy (non-hydrogen) atoms. The van der Waals surface area contributed by atoms with E-state index >= 15 is 0 Å². The Bertz CT molecular complexity index is 629. The van der Waals surface area contributed by atoms with Crippen LogP contribution in [0.2, 0.25) is 0 Å². The summed E-state index contributed by atoms with van der Waals surface area (Å²) in [6.45, 7) is 2.25. The molecule has 6 nitrogen and oxygen atoms in total. The molecule has 0 aliphatic carbocycles. The van der Waals surface area contributed by atoms with Crippen molar-refractivity contribution < 1.29 is 14.6 Å². The van der Waals surface area contributed by atoms with Gasteiger partial charge in [0, 0.05) is 24.5 Å². The molecule has 0 spiro atoms. The van der Waals surface area contributed by atoms with E-state index in [0.29, 0.717) is 18.2 Å². The number of nitrogens with one attached hydrogen (secondary N) is 1. The Balaban J connectivity index is 2.17. The number of hydrogen-bond donors (Lipinski definition) is 2. The van der Waals surface area contributed by atoms with Crippen molar-refractivity contribution in [1.82, 2.24) is 9.97 Å². The van der Waals surface area contributed by atoms with E-state index in [1.165, 1.54) is 0 Å². The van der Waals surface area contributed by atoms with Crippen molar-refractivity contribution in [3.05, 3.63) is 47.3 Å². The van der Waals surface area contributed by atoms with Crippen molar-refractivity contribution in [3.8, 4) is 5.88 Å². The lowest BCUT2D eigenvalue weighted by atomic mass is 10.2. The smallest absolute Gasteiger partial charge is 0.339 e. The topological polar surface area (TPSA) is 84.3 Å². The Kier molecular flexibility index (Phi) is 4.14. The van der Waals surface area contributed by atoms with Crippen LogP contribution in [0.1, 0.15) is 21.6 Å². The molecule has 0 radical (unpaired) electrons. The van der Waals surface area contributed by atoms with E-state index in [-0.39, 0.29) is 5.56 Å². The number of nitrogens with zero attached hydrogens (tertiary/aromatic N) is 2. The zero-order valence-electron chi connectivity index (χ0n) is 11.3. The minimum atomic E-state index is -1.01.